The van der Waals surface area contributed by atoms with Gasteiger partial charge < -0.3 is 5.32 Å². The van der Waals surface area contributed by atoms with E-state index in [-0.39, 0.29) is 0 Å². The Balaban J connectivity index is 1.86. The van der Waals surface area contributed by atoms with E-state index in [1.807, 2.05) is 11.3 Å². The lowest BCUT2D eigenvalue weighted by atomic mass is 10.1. The van der Waals surface area contributed by atoms with Gasteiger partial charge in [0.15, 0.2) is 0 Å². The van der Waals surface area contributed by atoms with Crippen molar-refractivity contribution >= 4 is 11.3 Å². The van der Waals surface area contributed by atoms with Crippen molar-refractivity contribution in [2.24, 2.45) is 0 Å². The van der Waals surface area contributed by atoms with Gasteiger partial charge in [0.25, 0.3) is 0 Å². The van der Waals surface area contributed by atoms with Crippen LogP contribution in [-0.2, 0) is 6.42 Å². The molecular weight excluding hydrogens is 240 g/mol. The van der Waals surface area contributed by atoms with E-state index in [0.29, 0.717) is 12.1 Å². The van der Waals surface area contributed by atoms with Gasteiger partial charge in [-0.25, -0.2) is 0 Å². The molecule has 3 heteroatoms. The van der Waals surface area contributed by atoms with E-state index < -0.39 is 0 Å². The summed E-state index contributed by atoms with van der Waals surface area (Å²) in [5.41, 5.74) is 0. The maximum Gasteiger partial charge on any atom is 0.0195 e. The zero-order valence-electron chi connectivity index (χ0n) is 11.9. The number of hydrogen-bond donors (Lipinski definition) is 1. The van der Waals surface area contributed by atoms with Crippen LogP contribution in [-0.4, -0.2) is 36.6 Å². The van der Waals surface area contributed by atoms with Crippen molar-refractivity contribution in [1.29, 1.82) is 0 Å². The van der Waals surface area contributed by atoms with Crippen molar-refractivity contribution in [3.8, 4) is 0 Å². The summed E-state index contributed by atoms with van der Waals surface area (Å²) in [5, 5.41) is 3.63. The van der Waals surface area contributed by atoms with Gasteiger partial charge in [0.2, 0.25) is 0 Å². The molecule has 0 radical (unpaired) electrons. The van der Waals surface area contributed by atoms with E-state index in [9.17, 15) is 0 Å². The lowest BCUT2D eigenvalue weighted by Crippen LogP contribution is -2.53. The van der Waals surface area contributed by atoms with Crippen molar-refractivity contribution in [1.82, 2.24) is 10.2 Å². The zero-order chi connectivity index (χ0) is 13.0. The number of thiophene rings is 1. The molecule has 1 aromatic heterocycles. The van der Waals surface area contributed by atoms with Gasteiger partial charge in [-0.15, -0.1) is 11.3 Å². The highest BCUT2D eigenvalue weighted by molar-refractivity contribution is 7.11. The molecule has 0 spiro atoms. The summed E-state index contributed by atoms with van der Waals surface area (Å²) in [6.07, 6.45) is 3.79. The molecule has 18 heavy (non-hydrogen) atoms. The highest BCUT2D eigenvalue weighted by Crippen LogP contribution is 2.19. The average Bonchev–Trinajstić information content (AvgIpc) is 2.75. The smallest absolute Gasteiger partial charge is 0.0195 e. The van der Waals surface area contributed by atoms with E-state index in [2.05, 4.69) is 43.1 Å². The van der Waals surface area contributed by atoms with E-state index in [0.717, 1.165) is 6.54 Å². The van der Waals surface area contributed by atoms with Crippen LogP contribution in [0.15, 0.2) is 12.1 Å². The molecule has 1 aromatic rings. The van der Waals surface area contributed by atoms with E-state index >= 15 is 0 Å². The maximum absolute atomic E-state index is 3.63. The second-order valence-corrected chi connectivity index (χ2v) is 6.87. The quantitative estimate of drug-likeness (QED) is 0.881. The van der Waals surface area contributed by atoms with Crippen molar-refractivity contribution in [3.05, 3.63) is 21.9 Å². The minimum absolute atomic E-state index is 0.671. The summed E-state index contributed by atoms with van der Waals surface area (Å²) in [6.45, 7) is 10.4. The van der Waals surface area contributed by atoms with Gasteiger partial charge in [0.1, 0.15) is 0 Å². The Bertz CT molecular complexity index is 359. The Morgan fingerprint density at radius 3 is 3.00 bits per heavy atom. The number of aryl methyl sites for hydroxylation is 1. The molecule has 0 amide bonds. The predicted octanol–water partition coefficient (Wildman–Crippen LogP) is 3.06. The molecule has 102 valence electrons. The molecule has 0 saturated carbocycles. The highest BCUT2D eigenvalue weighted by Gasteiger charge is 2.22. The number of nitrogens with one attached hydrogen (secondary N) is 1. The molecule has 1 saturated heterocycles. The molecule has 2 heterocycles. The van der Waals surface area contributed by atoms with Crippen molar-refractivity contribution in [2.45, 2.75) is 52.1 Å². The molecule has 0 aromatic carbocycles. The summed E-state index contributed by atoms with van der Waals surface area (Å²) in [7, 11) is 0. The third kappa shape index (κ3) is 3.81. The second-order valence-electron chi connectivity index (χ2n) is 5.50. The van der Waals surface area contributed by atoms with Crippen LogP contribution in [0.5, 0.6) is 0 Å². The molecule has 1 aliphatic rings. The molecule has 1 N–H and O–H groups in total. The zero-order valence-corrected chi connectivity index (χ0v) is 12.7. The fourth-order valence-corrected chi connectivity index (χ4v) is 3.82. The topological polar surface area (TPSA) is 15.3 Å². The average molecular weight is 266 g/mol. The highest BCUT2D eigenvalue weighted by atomic mass is 32.1. The van der Waals surface area contributed by atoms with Gasteiger partial charge in [-0.05, 0) is 38.8 Å². The van der Waals surface area contributed by atoms with Gasteiger partial charge in [0, 0.05) is 41.5 Å². The summed E-state index contributed by atoms with van der Waals surface area (Å²) >= 11 is 1.95. The molecule has 0 bridgehead atoms. The van der Waals surface area contributed by atoms with Gasteiger partial charge >= 0.3 is 0 Å². The summed E-state index contributed by atoms with van der Waals surface area (Å²) in [4.78, 5) is 5.62. The number of rotatable bonds is 5. The fraction of sp³-hybridized carbons (Fsp3) is 0.733. The normalized spacial score (nSPS) is 23.2. The van der Waals surface area contributed by atoms with Crippen LogP contribution in [0, 0.1) is 6.92 Å². The first kappa shape index (κ1) is 14.0. The third-order valence-electron chi connectivity index (χ3n) is 3.84. The van der Waals surface area contributed by atoms with E-state index in [1.165, 1.54) is 42.1 Å². The van der Waals surface area contributed by atoms with Crippen LogP contribution in [0.3, 0.4) is 0 Å². The molecule has 1 aliphatic heterocycles. The van der Waals surface area contributed by atoms with Crippen LogP contribution in [0.2, 0.25) is 0 Å². The van der Waals surface area contributed by atoms with Crippen LogP contribution in [0.4, 0.5) is 0 Å². The first-order chi connectivity index (χ1) is 8.69. The van der Waals surface area contributed by atoms with Gasteiger partial charge in [-0.2, -0.15) is 0 Å². The van der Waals surface area contributed by atoms with E-state index in [4.69, 9.17) is 0 Å². The standard InChI is InChI=1S/C15H26N2S/c1-4-5-14-11-17(9-8-16-14)12(2)10-15-7-6-13(3)18-15/h6-7,12,14,16H,4-5,8-11H2,1-3H3. The van der Waals surface area contributed by atoms with Crippen molar-refractivity contribution in [3.63, 3.8) is 0 Å². The second kappa shape index (κ2) is 6.69. The lowest BCUT2D eigenvalue weighted by molar-refractivity contribution is 0.148. The number of piperazine rings is 1. The Kier molecular flexibility index (Phi) is 5.22. The number of nitrogens with zero attached hydrogens (tertiary/aromatic N) is 1. The molecule has 2 rings (SSSR count). The van der Waals surface area contributed by atoms with Crippen LogP contribution in [0.1, 0.15) is 36.4 Å². The van der Waals surface area contributed by atoms with Gasteiger partial charge in [-0.1, -0.05) is 13.3 Å². The largest absolute Gasteiger partial charge is 0.311 e. The summed E-state index contributed by atoms with van der Waals surface area (Å²) in [5.74, 6) is 0. The first-order valence-electron chi connectivity index (χ1n) is 7.21. The van der Waals surface area contributed by atoms with Gasteiger partial charge in [-0.3, -0.25) is 4.90 Å². The third-order valence-corrected chi connectivity index (χ3v) is 4.86. The molecule has 1 fully saturated rings. The minimum atomic E-state index is 0.671. The Morgan fingerprint density at radius 2 is 2.33 bits per heavy atom. The Morgan fingerprint density at radius 1 is 1.50 bits per heavy atom. The van der Waals surface area contributed by atoms with Crippen LogP contribution < -0.4 is 5.32 Å². The van der Waals surface area contributed by atoms with Crippen LogP contribution in [0.25, 0.3) is 0 Å². The van der Waals surface area contributed by atoms with Gasteiger partial charge in [0.05, 0.1) is 0 Å². The molecule has 2 nitrogen and oxygen atoms in total. The molecule has 0 aliphatic carbocycles. The monoisotopic (exact) mass is 266 g/mol. The summed E-state index contributed by atoms with van der Waals surface area (Å²) < 4.78 is 0. The molecule has 2 unspecified atom stereocenters. The summed E-state index contributed by atoms with van der Waals surface area (Å²) in [6, 6.07) is 5.91. The predicted molar refractivity (Wildman–Crippen MR) is 80.5 cm³/mol. The first-order valence-corrected chi connectivity index (χ1v) is 8.03. The molecule has 2 atom stereocenters. The van der Waals surface area contributed by atoms with Crippen molar-refractivity contribution in [2.75, 3.05) is 19.6 Å². The lowest BCUT2D eigenvalue weighted by Gasteiger charge is -2.37. The number of hydrogen-bond acceptors (Lipinski definition) is 3. The minimum Gasteiger partial charge on any atom is -0.311 e. The van der Waals surface area contributed by atoms with Crippen LogP contribution >= 0.6 is 11.3 Å². The Labute approximate surface area is 115 Å². The Hall–Kier alpha value is -0.380. The van der Waals surface area contributed by atoms with Crippen molar-refractivity contribution < 1.29 is 0 Å². The SMILES string of the molecule is CCCC1CN(C(C)Cc2ccc(C)s2)CCN1. The van der Waals surface area contributed by atoms with E-state index in [1.54, 1.807) is 0 Å². The maximum atomic E-state index is 3.63. The molecular formula is C15H26N2S. The fourth-order valence-electron chi connectivity index (χ4n) is 2.81.